The zero-order valence-electron chi connectivity index (χ0n) is 23.6. The van der Waals surface area contributed by atoms with Gasteiger partial charge in [0.2, 0.25) is 21.8 Å². The molecule has 0 unspecified atom stereocenters. The van der Waals surface area contributed by atoms with E-state index in [0.29, 0.717) is 24.3 Å². The summed E-state index contributed by atoms with van der Waals surface area (Å²) in [6.45, 7) is 4.11. The van der Waals surface area contributed by atoms with Crippen molar-refractivity contribution in [2.24, 2.45) is 0 Å². The topological polar surface area (TPSA) is 96.0 Å². The van der Waals surface area contributed by atoms with Gasteiger partial charge in [0.1, 0.15) is 11.8 Å². The summed E-state index contributed by atoms with van der Waals surface area (Å²) in [5.74, 6) is 0.184. The molecule has 1 atom stereocenters. The largest absolute Gasteiger partial charge is 0.497 e. The molecular formula is C31H39N3O5S. The first kappa shape index (κ1) is 30.7. The minimum atomic E-state index is -3.55. The molecule has 3 rings (SSSR count). The van der Waals surface area contributed by atoms with E-state index in [1.54, 1.807) is 36.3 Å². The Morgan fingerprint density at radius 3 is 2.12 bits per heavy atom. The van der Waals surface area contributed by atoms with Crippen molar-refractivity contribution < 1.29 is 22.7 Å². The molecule has 0 radical (unpaired) electrons. The van der Waals surface area contributed by atoms with Crippen LogP contribution in [-0.4, -0.2) is 57.1 Å². The number of nitrogens with one attached hydrogen (secondary N) is 1. The molecule has 0 heterocycles. The van der Waals surface area contributed by atoms with Crippen LogP contribution in [-0.2, 0) is 32.6 Å². The lowest BCUT2D eigenvalue weighted by Gasteiger charge is -2.32. The number of amides is 2. The Balaban J connectivity index is 1.89. The average Bonchev–Trinajstić information content (AvgIpc) is 2.93. The normalized spacial score (nSPS) is 12.0. The lowest BCUT2D eigenvalue weighted by Crippen LogP contribution is -2.51. The molecule has 0 spiro atoms. The van der Waals surface area contributed by atoms with E-state index in [1.165, 1.54) is 4.31 Å². The fraction of sp³-hybridized carbons (Fsp3) is 0.355. The van der Waals surface area contributed by atoms with Crippen molar-refractivity contribution in [3.8, 4) is 5.75 Å². The number of ether oxygens (including phenoxy) is 1. The van der Waals surface area contributed by atoms with Crippen LogP contribution in [0.3, 0.4) is 0 Å². The van der Waals surface area contributed by atoms with E-state index in [2.05, 4.69) is 5.32 Å². The number of methoxy groups -OCH3 is 1. The molecule has 0 saturated carbocycles. The van der Waals surface area contributed by atoms with E-state index in [4.69, 9.17) is 4.74 Å². The van der Waals surface area contributed by atoms with Gasteiger partial charge in [-0.1, -0.05) is 60.7 Å². The molecule has 0 aliphatic rings. The van der Waals surface area contributed by atoms with Gasteiger partial charge >= 0.3 is 0 Å². The smallest absolute Gasteiger partial charge is 0.243 e. The van der Waals surface area contributed by atoms with E-state index in [-0.39, 0.29) is 37.4 Å². The number of rotatable bonds is 14. The maximum Gasteiger partial charge on any atom is 0.243 e. The van der Waals surface area contributed by atoms with Gasteiger partial charge in [-0.2, -0.15) is 0 Å². The third kappa shape index (κ3) is 9.12. The molecule has 40 heavy (non-hydrogen) atoms. The fourth-order valence-electron chi connectivity index (χ4n) is 4.50. The summed E-state index contributed by atoms with van der Waals surface area (Å²) >= 11 is 0. The Kier molecular flexibility index (Phi) is 11.1. The van der Waals surface area contributed by atoms with Crippen LogP contribution in [0.1, 0.15) is 37.8 Å². The van der Waals surface area contributed by atoms with Gasteiger partial charge in [-0.3, -0.25) is 13.9 Å². The van der Waals surface area contributed by atoms with Crippen LogP contribution >= 0.6 is 0 Å². The minimum Gasteiger partial charge on any atom is -0.497 e. The Labute approximate surface area is 238 Å². The third-order valence-electron chi connectivity index (χ3n) is 6.39. The maximum atomic E-state index is 13.8. The van der Waals surface area contributed by atoms with Crippen molar-refractivity contribution in [3.05, 3.63) is 96.1 Å². The average molecular weight is 566 g/mol. The molecule has 1 N–H and O–H groups in total. The molecule has 9 heteroatoms. The Morgan fingerprint density at radius 2 is 1.52 bits per heavy atom. The molecule has 3 aromatic rings. The zero-order valence-corrected chi connectivity index (χ0v) is 24.4. The number of sulfonamides is 1. The second-order valence-electron chi connectivity index (χ2n) is 10.0. The van der Waals surface area contributed by atoms with Crippen LogP contribution in [0.2, 0.25) is 0 Å². The molecule has 214 valence electrons. The van der Waals surface area contributed by atoms with E-state index < -0.39 is 16.1 Å². The van der Waals surface area contributed by atoms with Gasteiger partial charge < -0.3 is 15.0 Å². The first-order valence-electron chi connectivity index (χ1n) is 13.4. The predicted molar refractivity (Wildman–Crippen MR) is 159 cm³/mol. The number of benzene rings is 3. The fourth-order valence-corrected chi connectivity index (χ4v) is 5.47. The minimum absolute atomic E-state index is 0.0725. The van der Waals surface area contributed by atoms with Crippen molar-refractivity contribution in [1.82, 2.24) is 10.2 Å². The number of para-hydroxylation sites is 1. The van der Waals surface area contributed by atoms with Crippen LogP contribution in [0.25, 0.3) is 0 Å². The molecule has 0 bridgehead atoms. The molecular weight excluding hydrogens is 526 g/mol. The number of nitrogens with zero attached hydrogens (tertiary/aromatic N) is 2. The van der Waals surface area contributed by atoms with E-state index in [0.717, 1.165) is 17.4 Å². The summed E-state index contributed by atoms with van der Waals surface area (Å²) in [5, 5.41) is 2.98. The maximum absolute atomic E-state index is 13.8. The zero-order chi connectivity index (χ0) is 29.1. The molecule has 0 aliphatic carbocycles. The van der Waals surface area contributed by atoms with Gasteiger partial charge in [0, 0.05) is 32.0 Å². The number of anilines is 1. The Hall–Kier alpha value is -3.85. The quantitative estimate of drug-likeness (QED) is 0.313. The van der Waals surface area contributed by atoms with Gasteiger partial charge in [-0.15, -0.1) is 0 Å². The summed E-state index contributed by atoms with van der Waals surface area (Å²) in [6.07, 6.45) is 1.86. The van der Waals surface area contributed by atoms with Crippen molar-refractivity contribution >= 4 is 27.5 Å². The van der Waals surface area contributed by atoms with Crippen molar-refractivity contribution in [2.75, 3.05) is 24.2 Å². The second kappa shape index (κ2) is 14.5. The number of hydrogen-bond acceptors (Lipinski definition) is 5. The summed E-state index contributed by atoms with van der Waals surface area (Å²) in [6, 6.07) is 25.0. The van der Waals surface area contributed by atoms with E-state index in [9.17, 15) is 18.0 Å². The molecule has 8 nitrogen and oxygen atoms in total. The Bertz CT molecular complexity index is 1350. The van der Waals surface area contributed by atoms with Crippen molar-refractivity contribution in [1.29, 1.82) is 0 Å². The van der Waals surface area contributed by atoms with Gasteiger partial charge in [-0.25, -0.2) is 8.42 Å². The molecule has 0 aromatic heterocycles. The van der Waals surface area contributed by atoms with Crippen LogP contribution in [0, 0.1) is 0 Å². The highest BCUT2D eigenvalue weighted by molar-refractivity contribution is 7.92. The van der Waals surface area contributed by atoms with Crippen LogP contribution < -0.4 is 14.4 Å². The first-order valence-corrected chi connectivity index (χ1v) is 15.2. The predicted octanol–water partition coefficient (Wildman–Crippen LogP) is 4.41. The third-order valence-corrected chi connectivity index (χ3v) is 7.58. The van der Waals surface area contributed by atoms with Gasteiger partial charge in [0.25, 0.3) is 0 Å². The lowest BCUT2D eigenvalue weighted by molar-refractivity contribution is -0.141. The summed E-state index contributed by atoms with van der Waals surface area (Å²) in [5.41, 5.74) is 2.30. The number of carbonyl (C=O) groups excluding carboxylic acids is 2. The summed E-state index contributed by atoms with van der Waals surface area (Å²) in [7, 11) is -1.97. The van der Waals surface area contributed by atoms with Crippen LogP contribution in [0.5, 0.6) is 5.75 Å². The van der Waals surface area contributed by atoms with E-state index >= 15 is 0 Å². The number of carbonyl (C=O) groups is 2. The van der Waals surface area contributed by atoms with Gasteiger partial charge in [-0.05, 0) is 55.7 Å². The van der Waals surface area contributed by atoms with E-state index in [1.807, 2.05) is 74.5 Å². The van der Waals surface area contributed by atoms with Crippen LogP contribution in [0.15, 0.2) is 84.9 Å². The highest BCUT2D eigenvalue weighted by Gasteiger charge is 2.31. The molecule has 3 aromatic carbocycles. The monoisotopic (exact) mass is 565 g/mol. The van der Waals surface area contributed by atoms with Crippen molar-refractivity contribution in [3.63, 3.8) is 0 Å². The standard InChI is InChI=1S/C31H39N3O5S/c1-24(2)32-31(36)29(22-25-13-7-5-8-14-25)33(23-26-15-11-18-28(21-26)39-3)30(35)19-12-20-34(40(4,37)38)27-16-9-6-10-17-27/h5-11,13-18,21,24,29H,12,19-20,22-23H2,1-4H3,(H,32,36)/t29-/m0/s1. The highest BCUT2D eigenvalue weighted by atomic mass is 32.2. The second-order valence-corrected chi connectivity index (χ2v) is 11.9. The molecule has 2 amide bonds. The van der Waals surface area contributed by atoms with Gasteiger partial charge in [0.15, 0.2) is 0 Å². The van der Waals surface area contributed by atoms with Crippen molar-refractivity contribution in [2.45, 2.75) is 51.7 Å². The Morgan fingerprint density at radius 1 is 0.900 bits per heavy atom. The molecule has 0 fully saturated rings. The van der Waals surface area contributed by atoms with Gasteiger partial charge in [0.05, 0.1) is 19.1 Å². The van der Waals surface area contributed by atoms with Crippen LogP contribution in [0.4, 0.5) is 5.69 Å². The lowest BCUT2D eigenvalue weighted by atomic mass is 10.0. The molecule has 0 aliphatic heterocycles. The summed E-state index contributed by atoms with van der Waals surface area (Å²) < 4.78 is 31.7. The molecule has 0 saturated heterocycles. The number of hydrogen-bond donors (Lipinski definition) is 1. The SMILES string of the molecule is COc1cccc(CN(C(=O)CCCN(c2ccccc2)S(C)(=O)=O)[C@@H](Cc2ccccc2)C(=O)NC(C)C)c1. The first-order chi connectivity index (χ1) is 19.1. The highest BCUT2D eigenvalue weighted by Crippen LogP contribution is 2.21. The summed E-state index contributed by atoms with van der Waals surface area (Å²) in [4.78, 5) is 28.9.